The summed E-state index contributed by atoms with van der Waals surface area (Å²) in [7, 11) is 0. The summed E-state index contributed by atoms with van der Waals surface area (Å²) in [6.45, 7) is 1.28. The number of hydrogen-bond acceptors (Lipinski definition) is 3. The van der Waals surface area contributed by atoms with Gasteiger partial charge in [-0.15, -0.1) is 0 Å². The second-order valence-corrected chi connectivity index (χ2v) is 2.86. The molecular formula is C10H12O4. The van der Waals surface area contributed by atoms with Gasteiger partial charge in [-0.3, -0.25) is 0 Å². The zero-order valence-corrected chi connectivity index (χ0v) is 7.80. The lowest BCUT2D eigenvalue weighted by atomic mass is 10.2. The van der Waals surface area contributed by atoms with Gasteiger partial charge in [-0.25, -0.2) is 4.79 Å². The number of rotatable bonds is 4. The molecule has 4 nitrogen and oxygen atoms in total. The van der Waals surface area contributed by atoms with E-state index in [4.69, 9.17) is 14.9 Å². The minimum absolute atomic E-state index is 0.164. The molecule has 4 heteroatoms. The van der Waals surface area contributed by atoms with Gasteiger partial charge in [-0.05, 0) is 13.0 Å². The standard InChI is InChI=1S/C10H12O4/c1-7(10(12)13)14-9-5-3-2-4-8(9)6-11/h2-5,7,11H,6H2,1H3,(H,12,13). The van der Waals surface area contributed by atoms with Crippen molar-refractivity contribution in [2.45, 2.75) is 19.6 Å². The second-order valence-electron chi connectivity index (χ2n) is 2.86. The highest BCUT2D eigenvalue weighted by molar-refractivity contribution is 5.72. The van der Waals surface area contributed by atoms with Crippen LogP contribution in [0.4, 0.5) is 0 Å². The monoisotopic (exact) mass is 196 g/mol. The lowest BCUT2D eigenvalue weighted by molar-refractivity contribution is -0.144. The van der Waals surface area contributed by atoms with Crippen LogP contribution in [0, 0.1) is 0 Å². The van der Waals surface area contributed by atoms with Gasteiger partial charge in [-0.2, -0.15) is 0 Å². The van der Waals surface area contributed by atoms with Crippen LogP contribution in [-0.2, 0) is 11.4 Å². The van der Waals surface area contributed by atoms with Crippen LogP contribution in [-0.4, -0.2) is 22.3 Å². The molecule has 0 fully saturated rings. The van der Waals surface area contributed by atoms with Gasteiger partial charge >= 0.3 is 5.97 Å². The van der Waals surface area contributed by atoms with Crippen LogP contribution in [0.2, 0.25) is 0 Å². The molecule has 1 rings (SSSR count). The fourth-order valence-electron chi connectivity index (χ4n) is 0.990. The Morgan fingerprint density at radius 1 is 1.50 bits per heavy atom. The zero-order chi connectivity index (χ0) is 10.6. The van der Waals surface area contributed by atoms with Crippen molar-refractivity contribution in [2.75, 3.05) is 0 Å². The molecule has 1 atom stereocenters. The highest BCUT2D eigenvalue weighted by Gasteiger charge is 2.13. The number of aliphatic hydroxyl groups excluding tert-OH is 1. The smallest absolute Gasteiger partial charge is 0.344 e. The van der Waals surface area contributed by atoms with E-state index in [-0.39, 0.29) is 6.61 Å². The maximum Gasteiger partial charge on any atom is 0.344 e. The normalized spacial score (nSPS) is 12.1. The molecule has 0 aliphatic carbocycles. The summed E-state index contributed by atoms with van der Waals surface area (Å²) < 4.78 is 5.14. The van der Waals surface area contributed by atoms with Crippen molar-refractivity contribution in [3.05, 3.63) is 29.8 Å². The van der Waals surface area contributed by atoms with E-state index in [0.717, 1.165) is 0 Å². The third-order valence-corrected chi connectivity index (χ3v) is 1.79. The highest BCUT2D eigenvalue weighted by Crippen LogP contribution is 2.18. The molecule has 0 aliphatic rings. The Morgan fingerprint density at radius 2 is 2.14 bits per heavy atom. The van der Waals surface area contributed by atoms with Gasteiger partial charge in [0.05, 0.1) is 6.61 Å². The lowest BCUT2D eigenvalue weighted by Gasteiger charge is -2.12. The number of aliphatic hydroxyl groups is 1. The fraction of sp³-hybridized carbons (Fsp3) is 0.300. The number of hydrogen-bond donors (Lipinski definition) is 2. The molecule has 0 bridgehead atoms. The van der Waals surface area contributed by atoms with Crippen LogP contribution >= 0.6 is 0 Å². The van der Waals surface area contributed by atoms with Crippen molar-refractivity contribution in [1.29, 1.82) is 0 Å². The van der Waals surface area contributed by atoms with Crippen molar-refractivity contribution in [1.82, 2.24) is 0 Å². The van der Waals surface area contributed by atoms with Gasteiger partial charge in [0.2, 0.25) is 0 Å². The Balaban J connectivity index is 2.80. The van der Waals surface area contributed by atoms with E-state index in [2.05, 4.69) is 0 Å². The third-order valence-electron chi connectivity index (χ3n) is 1.79. The van der Waals surface area contributed by atoms with Crippen molar-refractivity contribution in [3.63, 3.8) is 0 Å². The second kappa shape index (κ2) is 4.62. The van der Waals surface area contributed by atoms with E-state index < -0.39 is 12.1 Å². The van der Waals surface area contributed by atoms with E-state index >= 15 is 0 Å². The molecule has 2 N–H and O–H groups in total. The summed E-state index contributed by atoms with van der Waals surface area (Å²) in [5.41, 5.74) is 0.584. The molecule has 0 aromatic heterocycles. The maximum atomic E-state index is 10.5. The van der Waals surface area contributed by atoms with Crippen molar-refractivity contribution in [3.8, 4) is 5.75 Å². The molecule has 1 aromatic carbocycles. The Bertz CT molecular complexity index is 322. The van der Waals surface area contributed by atoms with Crippen molar-refractivity contribution < 1.29 is 19.7 Å². The van der Waals surface area contributed by atoms with Gasteiger partial charge in [0.15, 0.2) is 6.10 Å². The number of aliphatic carboxylic acids is 1. The summed E-state index contributed by atoms with van der Waals surface area (Å²) in [5.74, 6) is -0.623. The van der Waals surface area contributed by atoms with Gasteiger partial charge < -0.3 is 14.9 Å². The predicted molar refractivity (Wildman–Crippen MR) is 50.1 cm³/mol. The van der Waals surface area contributed by atoms with Crippen molar-refractivity contribution >= 4 is 5.97 Å². The van der Waals surface area contributed by atoms with Crippen LogP contribution in [0.3, 0.4) is 0 Å². The molecule has 0 radical (unpaired) electrons. The fourth-order valence-corrected chi connectivity index (χ4v) is 0.990. The lowest BCUT2D eigenvalue weighted by Crippen LogP contribution is -2.23. The molecule has 0 heterocycles. The topological polar surface area (TPSA) is 66.8 Å². The number of carbonyl (C=O) groups is 1. The minimum Gasteiger partial charge on any atom is -0.479 e. The first-order valence-corrected chi connectivity index (χ1v) is 4.23. The average Bonchev–Trinajstić information content (AvgIpc) is 2.18. The first kappa shape index (κ1) is 10.5. The molecular weight excluding hydrogens is 184 g/mol. The molecule has 0 saturated carbocycles. The maximum absolute atomic E-state index is 10.5. The first-order valence-electron chi connectivity index (χ1n) is 4.23. The van der Waals surface area contributed by atoms with Gasteiger partial charge in [0.1, 0.15) is 5.75 Å². The van der Waals surface area contributed by atoms with Gasteiger partial charge in [0, 0.05) is 5.56 Å². The van der Waals surface area contributed by atoms with E-state index in [1.807, 2.05) is 0 Å². The van der Waals surface area contributed by atoms with Crippen LogP contribution in [0.25, 0.3) is 0 Å². The van der Waals surface area contributed by atoms with E-state index in [1.165, 1.54) is 6.92 Å². The van der Waals surface area contributed by atoms with E-state index in [1.54, 1.807) is 24.3 Å². The van der Waals surface area contributed by atoms with Gasteiger partial charge in [-0.1, -0.05) is 18.2 Å². The third kappa shape index (κ3) is 2.47. The molecule has 0 amide bonds. The summed E-state index contributed by atoms with van der Waals surface area (Å²) in [5, 5.41) is 17.6. The highest BCUT2D eigenvalue weighted by atomic mass is 16.5. The van der Waals surface area contributed by atoms with Crippen LogP contribution in [0.1, 0.15) is 12.5 Å². The number of benzene rings is 1. The largest absolute Gasteiger partial charge is 0.479 e. The predicted octanol–water partition coefficient (Wildman–Crippen LogP) is 1.03. The summed E-state index contributed by atoms with van der Waals surface area (Å²) >= 11 is 0. The number of para-hydroxylation sites is 1. The van der Waals surface area contributed by atoms with Gasteiger partial charge in [0.25, 0.3) is 0 Å². The Labute approximate surface area is 81.8 Å². The number of carboxylic acid groups (broad SMARTS) is 1. The molecule has 1 aromatic rings. The molecule has 0 aliphatic heterocycles. The summed E-state index contributed by atoms with van der Waals surface area (Å²) in [4.78, 5) is 10.5. The Kier molecular flexibility index (Phi) is 3.48. The molecule has 0 spiro atoms. The molecule has 14 heavy (non-hydrogen) atoms. The SMILES string of the molecule is CC(Oc1ccccc1CO)C(=O)O. The molecule has 76 valence electrons. The quantitative estimate of drug-likeness (QED) is 0.754. The summed E-state index contributed by atoms with van der Waals surface area (Å²) in [6, 6.07) is 6.79. The van der Waals surface area contributed by atoms with Crippen LogP contribution < -0.4 is 4.74 Å². The van der Waals surface area contributed by atoms with E-state index in [0.29, 0.717) is 11.3 Å². The zero-order valence-electron chi connectivity index (χ0n) is 7.80. The minimum atomic E-state index is -1.03. The molecule has 0 saturated heterocycles. The van der Waals surface area contributed by atoms with Crippen LogP contribution in [0.5, 0.6) is 5.75 Å². The van der Waals surface area contributed by atoms with Crippen molar-refractivity contribution in [2.24, 2.45) is 0 Å². The molecule has 1 unspecified atom stereocenters. The first-order chi connectivity index (χ1) is 6.65. The Hall–Kier alpha value is -1.55. The van der Waals surface area contributed by atoms with E-state index in [9.17, 15) is 4.79 Å². The summed E-state index contributed by atoms with van der Waals surface area (Å²) in [6.07, 6.45) is -0.914. The number of ether oxygens (including phenoxy) is 1. The Morgan fingerprint density at radius 3 is 2.71 bits per heavy atom. The average molecular weight is 196 g/mol. The number of carboxylic acids is 1. The van der Waals surface area contributed by atoms with Crippen LogP contribution in [0.15, 0.2) is 24.3 Å².